The standard InChI is InChI=1S/C16H25N3O2/c1-2-3-4-11-21-15-14(17-7-8-18-15)16(20)12-19-9-5-13(16)6-10-19/h7-8,13,20H,2-6,9-12H2,1H3. The molecule has 3 saturated heterocycles. The molecule has 4 heterocycles. The lowest BCUT2D eigenvalue weighted by Gasteiger charge is -2.49. The van der Waals surface area contributed by atoms with Crippen molar-refractivity contribution in [2.24, 2.45) is 5.92 Å². The number of nitrogens with zero attached hydrogens (tertiary/aromatic N) is 3. The largest absolute Gasteiger partial charge is 0.476 e. The Morgan fingerprint density at radius 1 is 1.29 bits per heavy atom. The SMILES string of the molecule is CCCCCOc1nccnc1C1(O)CN2CCC1CC2. The van der Waals surface area contributed by atoms with E-state index in [1.165, 1.54) is 0 Å². The van der Waals surface area contributed by atoms with Gasteiger partial charge in [-0.1, -0.05) is 19.8 Å². The summed E-state index contributed by atoms with van der Waals surface area (Å²) in [5.74, 6) is 0.794. The highest BCUT2D eigenvalue weighted by Crippen LogP contribution is 2.43. The van der Waals surface area contributed by atoms with Gasteiger partial charge < -0.3 is 14.7 Å². The zero-order valence-corrected chi connectivity index (χ0v) is 12.8. The lowest BCUT2D eigenvalue weighted by Crippen LogP contribution is -2.57. The van der Waals surface area contributed by atoms with E-state index >= 15 is 0 Å². The van der Waals surface area contributed by atoms with Crippen LogP contribution in [0.2, 0.25) is 0 Å². The molecule has 1 N–H and O–H groups in total. The summed E-state index contributed by atoms with van der Waals surface area (Å²) >= 11 is 0. The summed E-state index contributed by atoms with van der Waals surface area (Å²) in [4.78, 5) is 11.1. The normalized spacial score (nSPS) is 31.3. The molecule has 116 valence electrons. The van der Waals surface area contributed by atoms with Gasteiger partial charge in [-0.25, -0.2) is 4.98 Å². The third-order valence-corrected chi connectivity index (χ3v) is 4.79. The monoisotopic (exact) mass is 291 g/mol. The van der Waals surface area contributed by atoms with Crippen LogP contribution in [0.25, 0.3) is 0 Å². The number of hydrogen-bond donors (Lipinski definition) is 1. The Morgan fingerprint density at radius 3 is 2.71 bits per heavy atom. The molecule has 1 aromatic rings. The van der Waals surface area contributed by atoms with Crippen LogP contribution in [0.5, 0.6) is 5.88 Å². The van der Waals surface area contributed by atoms with Crippen LogP contribution in [0.4, 0.5) is 0 Å². The van der Waals surface area contributed by atoms with Gasteiger partial charge in [0.05, 0.1) is 6.61 Å². The van der Waals surface area contributed by atoms with Crippen molar-refractivity contribution in [3.05, 3.63) is 18.1 Å². The first-order chi connectivity index (χ1) is 10.2. The van der Waals surface area contributed by atoms with Gasteiger partial charge >= 0.3 is 0 Å². The van der Waals surface area contributed by atoms with E-state index in [4.69, 9.17) is 4.74 Å². The first-order valence-corrected chi connectivity index (χ1v) is 8.13. The smallest absolute Gasteiger partial charge is 0.238 e. The van der Waals surface area contributed by atoms with E-state index in [0.717, 1.165) is 45.2 Å². The summed E-state index contributed by atoms with van der Waals surface area (Å²) in [6.07, 6.45) is 8.69. The highest BCUT2D eigenvalue weighted by Gasteiger charge is 2.49. The number of ether oxygens (including phenoxy) is 1. The summed E-state index contributed by atoms with van der Waals surface area (Å²) in [5.41, 5.74) is -0.263. The van der Waals surface area contributed by atoms with Crippen molar-refractivity contribution in [3.63, 3.8) is 0 Å². The lowest BCUT2D eigenvalue weighted by molar-refractivity contribution is -0.121. The van der Waals surface area contributed by atoms with Crippen molar-refractivity contribution in [2.75, 3.05) is 26.2 Å². The Bertz CT molecular complexity index is 474. The molecule has 5 heteroatoms. The first-order valence-electron chi connectivity index (χ1n) is 8.13. The summed E-state index contributed by atoms with van der Waals surface area (Å²) in [7, 11) is 0. The van der Waals surface area contributed by atoms with Crippen LogP contribution >= 0.6 is 0 Å². The van der Waals surface area contributed by atoms with E-state index in [1.807, 2.05) is 0 Å². The molecule has 21 heavy (non-hydrogen) atoms. The summed E-state index contributed by atoms with van der Waals surface area (Å²) in [6, 6.07) is 0. The minimum atomic E-state index is -0.898. The predicted octanol–water partition coefficient (Wildman–Crippen LogP) is 1.96. The van der Waals surface area contributed by atoms with E-state index in [0.29, 0.717) is 24.7 Å². The van der Waals surface area contributed by atoms with E-state index in [1.54, 1.807) is 12.4 Å². The zero-order valence-electron chi connectivity index (χ0n) is 12.8. The van der Waals surface area contributed by atoms with Gasteiger partial charge in [0.1, 0.15) is 11.3 Å². The van der Waals surface area contributed by atoms with E-state index in [-0.39, 0.29) is 5.92 Å². The Hall–Kier alpha value is -1.20. The fourth-order valence-electron chi connectivity index (χ4n) is 3.56. The molecule has 1 unspecified atom stereocenters. The second kappa shape index (κ2) is 6.28. The van der Waals surface area contributed by atoms with Crippen LogP contribution in [-0.4, -0.2) is 46.2 Å². The molecule has 0 spiro atoms. The van der Waals surface area contributed by atoms with Gasteiger partial charge in [0, 0.05) is 18.9 Å². The third-order valence-electron chi connectivity index (χ3n) is 4.79. The predicted molar refractivity (Wildman–Crippen MR) is 80.1 cm³/mol. The highest BCUT2D eigenvalue weighted by molar-refractivity contribution is 5.27. The Kier molecular flexibility index (Phi) is 4.40. The number of unbranched alkanes of at least 4 members (excludes halogenated alkanes) is 2. The second-order valence-electron chi connectivity index (χ2n) is 6.24. The van der Waals surface area contributed by atoms with E-state index in [9.17, 15) is 5.11 Å². The van der Waals surface area contributed by atoms with Crippen molar-refractivity contribution in [1.29, 1.82) is 0 Å². The van der Waals surface area contributed by atoms with Crippen molar-refractivity contribution >= 4 is 0 Å². The second-order valence-corrected chi connectivity index (χ2v) is 6.24. The molecule has 1 aromatic heterocycles. The van der Waals surface area contributed by atoms with Gasteiger partial charge in [0.15, 0.2) is 0 Å². The van der Waals surface area contributed by atoms with Crippen molar-refractivity contribution in [3.8, 4) is 5.88 Å². The molecule has 0 radical (unpaired) electrons. The molecule has 3 fully saturated rings. The molecular formula is C16H25N3O2. The van der Waals surface area contributed by atoms with Gasteiger partial charge in [-0.3, -0.25) is 4.98 Å². The molecule has 0 aliphatic carbocycles. The number of piperidine rings is 3. The molecule has 3 aliphatic heterocycles. The minimum Gasteiger partial charge on any atom is -0.476 e. The van der Waals surface area contributed by atoms with Crippen LogP contribution in [0, 0.1) is 5.92 Å². The van der Waals surface area contributed by atoms with Gasteiger partial charge in [-0.2, -0.15) is 0 Å². The molecule has 1 atom stereocenters. The van der Waals surface area contributed by atoms with Gasteiger partial charge in [0.2, 0.25) is 5.88 Å². The minimum absolute atomic E-state index is 0.275. The number of aliphatic hydroxyl groups is 1. The lowest BCUT2D eigenvalue weighted by atomic mass is 9.73. The number of fused-ring (bicyclic) bond motifs is 3. The molecule has 0 saturated carbocycles. The molecule has 4 rings (SSSR count). The fraction of sp³-hybridized carbons (Fsp3) is 0.750. The van der Waals surface area contributed by atoms with Crippen molar-refractivity contribution < 1.29 is 9.84 Å². The van der Waals surface area contributed by atoms with Gasteiger partial charge in [-0.05, 0) is 38.3 Å². The van der Waals surface area contributed by atoms with Gasteiger partial charge in [-0.15, -0.1) is 0 Å². The quantitative estimate of drug-likeness (QED) is 0.812. The van der Waals surface area contributed by atoms with Crippen LogP contribution in [-0.2, 0) is 5.60 Å². The number of hydrogen-bond acceptors (Lipinski definition) is 5. The van der Waals surface area contributed by atoms with Crippen molar-refractivity contribution in [2.45, 2.75) is 44.6 Å². The molecule has 2 bridgehead atoms. The van der Waals surface area contributed by atoms with Crippen LogP contribution in [0.15, 0.2) is 12.4 Å². The van der Waals surface area contributed by atoms with Crippen molar-refractivity contribution in [1.82, 2.24) is 14.9 Å². The van der Waals surface area contributed by atoms with E-state index in [2.05, 4.69) is 21.8 Å². The van der Waals surface area contributed by atoms with Crippen LogP contribution in [0.3, 0.4) is 0 Å². The Balaban J connectivity index is 1.78. The Labute approximate surface area is 126 Å². The fourth-order valence-corrected chi connectivity index (χ4v) is 3.56. The van der Waals surface area contributed by atoms with Gasteiger partial charge in [0.25, 0.3) is 0 Å². The maximum absolute atomic E-state index is 11.2. The topological polar surface area (TPSA) is 58.5 Å². The number of aromatic nitrogens is 2. The molecule has 5 nitrogen and oxygen atoms in total. The zero-order chi connectivity index (χ0) is 14.7. The molecule has 0 aromatic carbocycles. The van der Waals surface area contributed by atoms with Crippen LogP contribution in [0.1, 0.15) is 44.7 Å². The average molecular weight is 291 g/mol. The maximum atomic E-state index is 11.2. The summed E-state index contributed by atoms with van der Waals surface area (Å²) in [5, 5.41) is 11.2. The van der Waals surface area contributed by atoms with E-state index < -0.39 is 5.60 Å². The first kappa shape index (κ1) is 14.7. The van der Waals surface area contributed by atoms with Crippen LogP contribution < -0.4 is 4.74 Å². The summed E-state index contributed by atoms with van der Waals surface area (Å²) < 4.78 is 5.81. The number of rotatable bonds is 6. The highest BCUT2D eigenvalue weighted by atomic mass is 16.5. The molecule has 0 amide bonds. The molecule has 3 aliphatic rings. The third kappa shape index (κ3) is 2.90. The average Bonchev–Trinajstić information content (AvgIpc) is 2.53. The molecular weight excluding hydrogens is 266 g/mol. The maximum Gasteiger partial charge on any atom is 0.238 e. The Morgan fingerprint density at radius 2 is 2.05 bits per heavy atom. The summed E-state index contributed by atoms with van der Waals surface area (Å²) in [6.45, 7) is 5.63.